The summed E-state index contributed by atoms with van der Waals surface area (Å²) in [7, 11) is -2.76. The fourth-order valence-corrected chi connectivity index (χ4v) is 4.99. The maximum Gasteiger partial charge on any atom is 0.272 e. The lowest BCUT2D eigenvalue weighted by atomic mass is 10.1. The summed E-state index contributed by atoms with van der Waals surface area (Å²) in [5.41, 5.74) is 6.10. The van der Waals surface area contributed by atoms with E-state index in [4.69, 9.17) is 10.5 Å². The molecule has 8 heteroatoms. The van der Waals surface area contributed by atoms with Crippen molar-refractivity contribution < 1.29 is 17.9 Å². The van der Waals surface area contributed by atoms with Crippen LogP contribution in [0.3, 0.4) is 0 Å². The van der Waals surface area contributed by atoms with Crippen molar-refractivity contribution in [3.8, 4) is 5.75 Å². The summed E-state index contributed by atoms with van der Waals surface area (Å²) in [6, 6.07) is 19.5. The molecule has 3 aromatic rings. The predicted octanol–water partition coefficient (Wildman–Crippen LogP) is 4.08. The summed E-state index contributed by atoms with van der Waals surface area (Å²) >= 11 is 3.30. The summed E-state index contributed by atoms with van der Waals surface area (Å²) in [4.78, 5) is 11.9. The van der Waals surface area contributed by atoms with Gasteiger partial charge in [0.1, 0.15) is 10.6 Å². The minimum Gasteiger partial charge on any atom is -0.495 e. The first-order chi connectivity index (χ1) is 13.4. The number of carbonyl (C=O) groups is 1. The summed E-state index contributed by atoms with van der Waals surface area (Å²) < 4.78 is 34.4. The van der Waals surface area contributed by atoms with Gasteiger partial charge in [-0.3, -0.25) is 4.79 Å². The monoisotopic (exact) mass is 460 g/mol. The molecule has 0 unspecified atom stereocenters. The number of primary amides is 1. The Hall–Kier alpha value is -2.84. The van der Waals surface area contributed by atoms with E-state index in [1.54, 1.807) is 54.6 Å². The van der Waals surface area contributed by atoms with Crippen LogP contribution in [-0.2, 0) is 10.0 Å². The van der Waals surface area contributed by atoms with Crippen LogP contribution in [0, 0.1) is 0 Å². The smallest absolute Gasteiger partial charge is 0.272 e. The van der Waals surface area contributed by atoms with Crippen LogP contribution in [0.15, 0.2) is 82.2 Å². The quantitative estimate of drug-likeness (QED) is 0.599. The van der Waals surface area contributed by atoms with Gasteiger partial charge in [-0.2, -0.15) is 0 Å². The number of benzene rings is 3. The van der Waals surface area contributed by atoms with Crippen LogP contribution in [0.4, 0.5) is 11.4 Å². The van der Waals surface area contributed by atoms with Crippen LogP contribution in [0.2, 0.25) is 0 Å². The highest BCUT2D eigenvalue weighted by atomic mass is 79.9. The molecule has 1 amide bonds. The Morgan fingerprint density at radius 3 is 2.29 bits per heavy atom. The number of amides is 1. The summed E-state index contributed by atoms with van der Waals surface area (Å²) in [5, 5.41) is 0. The van der Waals surface area contributed by atoms with Gasteiger partial charge >= 0.3 is 0 Å². The highest BCUT2D eigenvalue weighted by Crippen LogP contribution is 2.38. The minimum absolute atomic E-state index is 0.0486. The van der Waals surface area contributed by atoms with E-state index in [2.05, 4.69) is 15.9 Å². The number of hydrogen-bond acceptors (Lipinski definition) is 4. The molecular formula is C20H17BrN2O4S. The second-order valence-corrected chi connectivity index (χ2v) is 8.45. The largest absolute Gasteiger partial charge is 0.495 e. The number of anilines is 2. The van der Waals surface area contributed by atoms with Crippen molar-refractivity contribution in [1.29, 1.82) is 0 Å². The fourth-order valence-electron chi connectivity index (χ4n) is 2.78. The van der Waals surface area contributed by atoms with Gasteiger partial charge in [-0.1, -0.05) is 46.3 Å². The molecule has 0 heterocycles. The number of carbonyl (C=O) groups excluding carboxylic acids is 1. The number of rotatable bonds is 6. The highest BCUT2D eigenvalue weighted by Gasteiger charge is 2.32. The lowest BCUT2D eigenvalue weighted by Gasteiger charge is -2.27. The average Bonchev–Trinajstić information content (AvgIpc) is 2.69. The number of methoxy groups -OCH3 is 1. The summed E-state index contributed by atoms with van der Waals surface area (Å²) in [6.07, 6.45) is 0. The third kappa shape index (κ3) is 3.74. The van der Waals surface area contributed by atoms with Crippen LogP contribution < -0.4 is 14.8 Å². The molecule has 0 saturated heterocycles. The number of ether oxygens (including phenoxy) is 1. The number of para-hydroxylation sites is 2. The lowest BCUT2D eigenvalue weighted by molar-refractivity contribution is 0.100. The second kappa shape index (κ2) is 8.04. The Morgan fingerprint density at radius 2 is 1.64 bits per heavy atom. The first kappa shape index (κ1) is 19.9. The van der Waals surface area contributed by atoms with Gasteiger partial charge < -0.3 is 10.5 Å². The number of nitrogens with zero attached hydrogens (tertiary/aromatic N) is 1. The molecule has 3 aromatic carbocycles. The van der Waals surface area contributed by atoms with E-state index in [0.29, 0.717) is 10.2 Å². The zero-order valence-corrected chi connectivity index (χ0v) is 17.3. The molecule has 0 aliphatic heterocycles. The SMILES string of the molecule is COc1ccc(Br)cc1S(=O)(=O)N(c1ccccc1)c1ccccc1C(N)=O. The molecule has 0 aromatic heterocycles. The van der Waals surface area contributed by atoms with Crippen molar-refractivity contribution in [2.24, 2.45) is 5.73 Å². The lowest BCUT2D eigenvalue weighted by Crippen LogP contribution is -2.29. The molecule has 0 fully saturated rings. The predicted molar refractivity (Wildman–Crippen MR) is 111 cm³/mol. The van der Waals surface area contributed by atoms with Crippen molar-refractivity contribution in [2.75, 3.05) is 11.4 Å². The van der Waals surface area contributed by atoms with Crippen molar-refractivity contribution in [3.05, 3.63) is 82.8 Å². The Bertz CT molecular complexity index is 1120. The van der Waals surface area contributed by atoms with E-state index < -0.39 is 15.9 Å². The average molecular weight is 461 g/mol. The van der Waals surface area contributed by atoms with E-state index in [0.717, 1.165) is 4.31 Å². The molecule has 3 rings (SSSR count). The first-order valence-electron chi connectivity index (χ1n) is 8.19. The van der Waals surface area contributed by atoms with Crippen molar-refractivity contribution in [1.82, 2.24) is 0 Å². The van der Waals surface area contributed by atoms with E-state index in [1.807, 2.05) is 0 Å². The third-order valence-electron chi connectivity index (χ3n) is 4.02. The van der Waals surface area contributed by atoms with Crippen LogP contribution in [0.1, 0.15) is 10.4 Å². The molecule has 0 bridgehead atoms. The van der Waals surface area contributed by atoms with Gasteiger partial charge in [0.05, 0.1) is 24.0 Å². The van der Waals surface area contributed by atoms with E-state index >= 15 is 0 Å². The molecule has 2 N–H and O–H groups in total. The molecule has 0 atom stereocenters. The van der Waals surface area contributed by atoms with Gasteiger partial charge in [0.25, 0.3) is 15.9 Å². The molecular weight excluding hydrogens is 444 g/mol. The van der Waals surface area contributed by atoms with Crippen molar-refractivity contribution >= 4 is 43.2 Å². The van der Waals surface area contributed by atoms with Crippen LogP contribution in [-0.4, -0.2) is 21.4 Å². The zero-order chi connectivity index (χ0) is 20.3. The van der Waals surface area contributed by atoms with Crippen LogP contribution in [0.25, 0.3) is 0 Å². The Labute approximate surface area is 171 Å². The third-order valence-corrected chi connectivity index (χ3v) is 6.28. The molecule has 0 aliphatic rings. The topological polar surface area (TPSA) is 89.7 Å². The fraction of sp³-hybridized carbons (Fsp3) is 0.0500. The van der Waals surface area contributed by atoms with Gasteiger partial charge in [0.2, 0.25) is 0 Å². The number of halogens is 1. The minimum atomic E-state index is -4.16. The standard InChI is InChI=1S/C20H17BrN2O4S/c1-27-18-12-11-14(21)13-19(18)28(25,26)23(15-7-3-2-4-8-15)17-10-6-5-9-16(17)20(22)24/h2-13H,1H3,(H2,22,24). The van der Waals surface area contributed by atoms with Crippen molar-refractivity contribution in [3.63, 3.8) is 0 Å². The van der Waals surface area contributed by atoms with Gasteiger partial charge in [0.15, 0.2) is 0 Å². The molecule has 0 spiro atoms. The molecule has 6 nitrogen and oxygen atoms in total. The molecule has 0 radical (unpaired) electrons. The zero-order valence-electron chi connectivity index (χ0n) is 14.9. The number of hydrogen-bond donors (Lipinski definition) is 1. The van der Waals surface area contributed by atoms with E-state index in [9.17, 15) is 13.2 Å². The highest BCUT2D eigenvalue weighted by molar-refractivity contribution is 9.10. The first-order valence-corrected chi connectivity index (χ1v) is 10.4. The van der Waals surface area contributed by atoms with Gasteiger partial charge in [-0.15, -0.1) is 0 Å². The number of nitrogens with two attached hydrogens (primary N) is 1. The van der Waals surface area contributed by atoms with E-state index in [1.165, 1.54) is 25.3 Å². The number of sulfonamides is 1. The van der Waals surface area contributed by atoms with Crippen LogP contribution in [0.5, 0.6) is 5.75 Å². The molecule has 0 saturated carbocycles. The van der Waals surface area contributed by atoms with Gasteiger partial charge in [-0.25, -0.2) is 12.7 Å². The maximum absolute atomic E-state index is 13.7. The van der Waals surface area contributed by atoms with Gasteiger partial charge in [-0.05, 0) is 42.5 Å². The molecule has 0 aliphatic carbocycles. The maximum atomic E-state index is 13.7. The normalized spacial score (nSPS) is 11.1. The Kier molecular flexibility index (Phi) is 5.71. The van der Waals surface area contributed by atoms with Crippen molar-refractivity contribution in [2.45, 2.75) is 4.90 Å². The van der Waals surface area contributed by atoms with Crippen LogP contribution >= 0.6 is 15.9 Å². The molecule has 144 valence electrons. The summed E-state index contributed by atoms with van der Waals surface area (Å²) in [6.45, 7) is 0. The summed E-state index contributed by atoms with van der Waals surface area (Å²) in [5.74, 6) is -0.548. The Balaban J connectivity index is 2.33. The molecule has 28 heavy (non-hydrogen) atoms. The Morgan fingerprint density at radius 1 is 1.00 bits per heavy atom. The van der Waals surface area contributed by atoms with E-state index in [-0.39, 0.29) is 21.9 Å². The van der Waals surface area contributed by atoms with Gasteiger partial charge in [0, 0.05) is 4.47 Å². The second-order valence-electron chi connectivity index (χ2n) is 5.78.